The third-order valence-corrected chi connectivity index (χ3v) is 4.98. The van der Waals surface area contributed by atoms with E-state index in [4.69, 9.17) is 4.74 Å². The van der Waals surface area contributed by atoms with Crippen LogP contribution in [-0.2, 0) is 4.74 Å². The number of ether oxygens (including phenoxy) is 1. The number of halogens is 1. The summed E-state index contributed by atoms with van der Waals surface area (Å²) < 4.78 is 5.72. The van der Waals surface area contributed by atoms with Crippen LogP contribution in [-0.4, -0.2) is 74.3 Å². The Hall–Kier alpha value is -0.0800. The molecule has 2 saturated heterocycles. The fraction of sp³-hybridized carbons (Fsp3) is 0.941. The summed E-state index contributed by atoms with van der Waals surface area (Å²) in [5.74, 6) is 1.06. The first-order chi connectivity index (χ1) is 10.7. The van der Waals surface area contributed by atoms with Gasteiger partial charge in [0.05, 0.1) is 6.10 Å². The van der Waals surface area contributed by atoms with Crippen LogP contribution in [0.4, 0.5) is 0 Å². The Labute approximate surface area is 159 Å². The number of aliphatic imine (C=N–C) groups is 1. The monoisotopic (exact) mass is 438 g/mol. The van der Waals surface area contributed by atoms with E-state index in [-0.39, 0.29) is 24.0 Å². The van der Waals surface area contributed by atoms with Crippen molar-refractivity contribution in [3.05, 3.63) is 0 Å². The molecule has 0 aromatic heterocycles. The minimum absolute atomic E-state index is 0. The highest BCUT2D eigenvalue weighted by Crippen LogP contribution is 2.16. The van der Waals surface area contributed by atoms with Gasteiger partial charge in [0.2, 0.25) is 0 Å². The molecule has 2 rings (SSSR count). The summed E-state index contributed by atoms with van der Waals surface area (Å²) in [6.07, 6.45) is 6.74. The minimum Gasteiger partial charge on any atom is -0.378 e. The zero-order chi connectivity index (χ0) is 15.8. The minimum atomic E-state index is 0. The molecule has 5 nitrogen and oxygen atoms in total. The van der Waals surface area contributed by atoms with Crippen LogP contribution >= 0.6 is 24.0 Å². The molecule has 0 aliphatic carbocycles. The molecular weight excluding hydrogens is 403 g/mol. The Kier molecular flexibility index (Phi) is 10.5. The zero-order valence-electron chi connectivity index (χ0n) is 15.1. The lowest BCUT2D eigenvalue weighted by Gasteiger charge is -2.35. The van der Waals surface area contributed by atoms with E-state index in [0.717, 1.165) is 57.6 Å². The molecule has 0 radical (unpaired) electrons. The van der Waals surface area contributed by atoms with Gasteiger partial charge in [0.15, 0.2) is 5.96 Å². The fourth-order valence-electron chi connectivity index (χ4n) is 3.60. The normalized spacial score (nSPS) is 24.4. The van der Waals surface area contributed by atoms with Gasteiger partial charge in [-0.25, -0.2) is 0 Å². The predicted octanol–water partition coefficient (Wildman–Crippen LogP) is 2.56. The van der Waals surface area contributed by atoms with E-state index in [1.54, 1.807) is 0 Å². The maximum absolute atomic E-state index is 5.72. The predicted molar refractivity (Wildman–Crippen MR) is 108 cm³/mol. The van der Waals surface area contributed by atoms with Crippen LogP contribution in [0.5, 0.6) is 0 Å². The van der Waals surface area contributed by atoms with Gasteiger partial charge in [-0.1, -0.05) is 6.42 Å². The van der Waals surface area contributed by atoms with E-state index in [1.165, 1.54) is 25.8 Å². The zero-order valence-corrected chi connectivity index (χ0v) is 17.4. The number of hydrogen-bond acceptors (Lipinski definition) is 3. The second-order valence-electron chi connectivity index (χ2n) is 6.50. The van der Waals surface area contributed by atoms with Crippen molar-refractivity contribution in [1.29, 1.82) is 0 Å². The third kappa shape index (κ3) is 6.74. The van der Waals surface area contributed by atoms with E-state index in [2.05, 4.69) is 34.0 Å². The average Bonchev–Trinajstić information content (AvgIpc) is 2.54. The number of hydrogen-bond donors (Lipinski definition) is 1. The summed E-state index contributed by atoms with van der Waals surface area (Å²) in [7, 11) is 1.89. The molecule has 1 atom stereocenters. The van der Waals surface area contributed by atoms with Crippen LogP contribution in [0.15, 0.2) is 4.99 Å². The summed E-state index contributed by atoms with van der Waals surface area (Å²) >= 11 is 0. The van der Waals surface area contributed by atoms with E-state index in [9.17, 15) is 0 Å². The van der Waals surface area contributed by atoms with Gasteiger partial charge in [-0.2, -0.15) is 0 Å². The molecule has 2 aliphatic rings. The van der Waals surface area contributed by atoms with Gasteiger partial charge < -0.3 is 15.0 Å². The molecule has 136 valence electrons. The van der Waals surface area contributed by atoms with Crippen LogP contribution in [0, 0.1) is 0 Å². The first kappa shape index (κ1) is 21.0. The molecule has 2 aliphatic heterocycles. The molecule has 1 unspecified atom stereocenters. The molecule has 0 amide bonds. The van der Waals surface area contributed by atoms with Crippen molar-refractivity contribution in [3.63, 3.8) is 0 Å². The van der Waals surface area contributed by atoms with Crippen molar-refractivity contribution in [1.82, 2.24) is 15.1 Å². The summed E-state index contributed by atoms with van der Waals surface area (Å²) in [5, 5.41) is 3.55. The molecule has 2 fully saturated rings. The van der Waals surface area contributed by atoms with Crippen LogP contribution in [0.1, 0.15) is 46.0 Å². The molecule has 2 heterocycles. The Morgan fingerprint density at radius 3 is 2.52 bits per heavy atom. The van der Waals surface area contributed by atoms with Crippen LogP contribution in [0.3, 0.4) is 0 Å². The van der Waals surface area contributed by atoms with E-state index in [1.807, 2.05) is 7.05 Å². The summed E-state index contributed by atoms with van der Waals surface area (Å²) in [6, 6.07) is 0.736. The number of nitrogens with one attached hydrogen (secondary N) is 1. The van der Waals surface area contributed by atoms with E-state index >= 15 is 0 Å². The van der Waals surface area contributed by atoms with Crippen molar-refractivity contribution in [2.75, 3.05) is 46.4 Å². The largest absolute Gasteiger partial charge is 0.378 e. The molecule has 0 aromatic carbocycles. The lowest BCUT2D eigenvalue weighted by Crippen LogP contribution is -2.49. The first-order valence-corrected chi connectivity index (χ1v) is 9.05. The van der Waals surface area contributed by atoms with Gasteiger partial charge in [-0.05, 0) is 46.1 Å². The van der Waals surface area contributed by atoms with Gasteiger partial charge in [-0.3, -0.25) is 9.89 Å². The topological polar surface area (TPSA) is 40.1 Å². The second-order valence-corrected chi connectivity index (χ2v) is 6.50. The summed E-state index contributed by atoms with van der Waals surface area (Å²) in [5.41, 5.74) is 0. The molecule has 0 saturated carbocycles. The van der Waals surface area contributed by atoms with Crippen molar-refractivity contribution in [2.45, 2.75) is 58.1 Å². The van der Waals surface area contributed by atoms with Crippen molar-refractivity contribution < 1.29 is 4.74 Å². The van der Waals surface area contributed by atoms with Crippen molar-refractivity contribution >= 4 is 29.9 Å². The quantitative estimate of drug-likeness (QED) is 0.407. The highest BCUT2D eigenvalue weighted by atomic mass is 127. The SMILES string of the molecule is CCOC1CCN(C(=NC)NCCN2CCCCC2C)CC1.I. The number of guanidine groups is 1. The van der Waals surface area contributed by atoms with Crippen LogP contribution in [0.2, 0.25) is 0 Å². The van der Waals surface area contributed by atoms with Crippen LogP contribution < -0.4 is 5.32 Å². The smallest absolute Gasteiger partial charge is 0.193 e. The standard InChI is InChI=1S/C17H34N4O.HI/c1-4-22-16-8-12-21(13-9-16)17(18-3)19-10-14-20-11-6-5-7-15(20)2;/h15-16H,4-14H2,1-3H3,(H,18,19);1H. The van der Waals surface area contributed by atoms with Crippen molar-refractivity contribution in [3.8, 4) is 0 Å². The molecule has 1 N–H and O–H groups in total. The molecule has 23 heavy (non-hydrogen) atoms. The van der Waals surface area contributed by atoms with E-state index < -0.39 is 0 Å². The van der Waals surface area contributed by atoms with E-state index in [0.29, 0.717) is 6.10 Å². The van der Waals surface area contributed by atoms with Gasteiger partial charge in [0, 0.05) is 45.9 Å². The first-order valence-electron chi connectivity index (χ1n) is 9.05. The average molecular weight is 438 g/mol. The van der Waals surface area contributed by atoms with Crippen LogP contribution in [0.25, 0.3) is 0 Å². The Bertz CT molecular complexity index is 345. The maximum atomic E-state index is 5.72. The molecule has 0 bridgehead atoms. The van der Waals surface area contributed by atoms with Gasteiger partial charge >= 0.3 is 0 Å². The van der Waals surface area contributed by atoms with Gasteiger partial charge in [0.1, 0.15) is 0 Å². The molecule has 6 heteroatoms. The molecule has 0 aromatic rings. The highest BCUT2D eigenvalue weighted by Gasteiger charge is 2.22. The Balaban J connectivity index is 0.00000264. The number of nitrogens with zero attached hydrogens (tertiary/aromatic N) is 3. The van der Waals surface area contributed by atoms with Crippen molar-refractivity contribution in [2.24, 2.45) is 4.99 Å². The lowest BCUT2D eigenvalue weighted by atomic mass is 10.0. The molecular formula is C17H35IN4O. The Morgan fingerprint density at radius 1 is 1.17 bits per heavy atom. The fourth-order valence-corrected chi connectivity index (χ4v) is 3.60. The van der Waals surface area contributed by atoms with Gasteiger partial charge in [0.25, 0.3) is 0 Å². The molecule has 0 spiro atoms. The summed E-state index contributed by atoms with van der Waals surface area (Å²) in [6.45, 7) is 10.7. The third-order valence-electron chi connectivity index (χ3n) is 4.98. The lowest BCUT2D eigenvalue weighted by molar-refractivity contribution is 0.0263. The second kappa shape index (κ2) is 11.5. The van der Waals surface area contributed by atoms with Gasteiger partial charge in [-0.15, -0.1) is 24.0 Å². The number of likely N-dealkylation sites (tertiary alicyclic amines) is 2. The maximum Gasteiger partial charge on any atom is 0.193 e. The highest BCUT2D eigenvalue weighted by molar-refractivity contribution is 14.0. The number of rotatable bonds is 5. The Morgan fingerprint density at radius 2 is 1.91 bits per heavy atom. The summed E-state index contributed by atoms with van der Waals surface area (Å²) in [4.78, 5) is 9.43. The number of piperidine rings is 2.